The zero-order valence-corrected chi connectivity index (χ0v) is 10.8. The molecule has 3 rings (SSSR count). The van der Waals surface area contributed by atoms with Gasteiger partial charge in [0, 0.05) is 10.0 Å². The molecule has 0 radical (unpaired) electrons. The van der Waals surface area contributed by atoms with Crippen molar-refractivity contribution in [3.63, 3.8) is 0 Å². The molecule has 1 aromatic rings. The van der Waals surface area contributed by atoms with Crippen LogP contribution in [0, 0.1) is 11.8 Å². The van der Waals surface area contributed by atoms with Crippen molar-refractivity contribution in [2.24, 2.45) is 11.8 Å². The second-order valence-electron chi connectivity index (χ2n) is 4.79. The van der Waals surface area contributed by atoms with Gasteiger partial charge in [-0.2, -0.15) is 0 Å². The summed E-state index contributed by atoms with van der Waals surface area (Å²) in [5.41, 5.74) is 0.983. The first-order valence-electron chi connectivity index (χ1n) is 5.83. The smallest absolute Gasteiger partial charge is 0.310 e. The van der Waals surface area contributed by atoms with E-state index in [1.807, 2.05) is 18.2 Å². The highest BCUT2D eigenvalue weighted by atomic mass is 79.9. The standard InChI is InChI=1S/C13H13BrO3/c14-10-2-1-3-11-8(10)6-9(13(15)16)12(17-11)7-4-5-7/h1-3,7,9,12H,4-6H2,(H,15,16). The van der Waals surface area contributed by atoms with Gasteiger partial charge in [-0.3, -0.25) is 4.79 Å². The maximum absolute atomic E-state index is 11.3. The summed E-state index contributed by atoms with van der Waals surface area (Å²) in [4.78, 5) is 11.3. The fourth-order valence-electron chi connectivity index (χ4n) is 2.49. The number of hydrogen-bond acceptors (Lipinski definition) is 2. The van der Waals surface area contributed by atoms with Crippen LogP contribution in [0.1, 0.15) is 18.4 Å². The van der Waals surface area contributed by atoms with Gasteiger partial charge in [0.1, 0.15) is 11.9 Å². The molecule has 1 aliphatic heterocycles. The van der Waals surface area contributed by atoms with Gasteiger partial charge >= 0.3 is 5.97 Å². The third-order valence-electron chi connectivity index (χ3n) is 3.56. The third-order valence-corrected chi connectivity index (χ3v) is 4.31. The van der Waals surface area contributed by atoms with Crippen LogP contribution in [-0.4, -0.2) is 17.2 Å². The molecule has 0 aromatic heterocycles. The lowest BCUT2D eigenvalue weighted by atomic mass is 9.88. The van der Waals surface area contributed by atoms with Crippen molar-refractivity contribution in [3.05, 3.63) is 28.2 Å². The van der Waals surface area contributed by atoms with Gasteiger partial charge in [0.15, 0.2) is 0 Å². The summed E-state index contributed by atoms with van der Waals surface area (Å²) < 4.78 is 6.84. The van der Waals surface area contributed by atoms with Crippen LogP contribution in [0.2, 0.25) is 0 Å². The van der Waals surface area contributed by atoms with E-state index >= 15 is 0 Å². The molecular formula is C13H13BrO3. The van der Waals surface area contributed by atoms with Crippen LogP contribution >= 0.6 is 15.9 Å². The Labute approximate surface area is 108 Å². The van der Waals surface area contributed by atoms with Crippen molar-refractivity contribution >= 4 is 21.9 Å². The number of carboxylic acid groups (broad SMARTS) is 1. The van der Waals surface area contributed by atoms with Crippen molar-refractivity contribution < 1.29 is 14.6 Å². The average molecular weight is 297 g/mol. The van der Waals surface area contributed by atoms with Crippen LogP contribution in [0.15, 0.2) is 22.7 Å². The normalized spacial score (nSPS) is 27.1. The SMILES string of the molecule is O=C(O)C1Cc2c(Br)cccc2OC1C1CC1. The van der Waals surface area contributed by atoms with E-state index in [0.29, 0.717) is 12.3 Å². The topological polar surface area (TPSA) is 46.5 Å². The molecule has 1 saturated carbocycles. The van der Waals surface area contributed by atoms with Crippen LogP contribution in [0.3, 0.4) is 0 Å². The minimum Gasteiger partial charge on any atom is -0.489 e. The van der Waals surface area contributed by atoms with Crippen molar-refractivity contribution in [1.82, 2.24) is 0 Å². The van der Waals surface area contributed by atoms with Gasteiger partial charge in [0.2, 0.25) is 0 Å². The van der Waals surface area contributed by atoms with E-state index in [1.165, 1.54) is 0 Å². The number of hydrogen-bond donors (Lipinski definition) is 1. The second-order valence-corrected chi connectivity index (χ2v) is 5.64. The van der Waals surface area contributed by atoms with Gasteiger partial charge in [-0.15, -0.1) is 0 Å². The van der Waals surface area contributed by atoms with Gasteiger partial charge in [-0.1, -0.05) is 22.0 Å². The summed E-state index contributed by atoms with van der Waals surface area (Å²) in [6.07, 6.45) is 2.61. The van der Waals surface area contributed by atoms with E-state index < -0.39 is 11.9 Å². The van der Waals surface area contributed by atoms with Crippen LogP contribution in [-0.2, 0) is 11.2 Å². The summed E-state index contributed by atoms with van der Waals surface area (Å²) in [6.45, 7) is 0. The first-order valence-corrected chi connectivity index (χ1v) is 6.63. The molecule has 0 amide bonds. The van der Waals surface area contributed by atoms with Gasteiger partial charge in [0.05, 0.1) is 5.92 Å². The lowest BCUT2D eigenvalue weighted by Gasteiger charge is -2.32. The van der Waals surface area contributed by atoms with Crippen molar-refractivity contribution in [1.29, 1.82) is 0 Å². The summed E-state index contributed by atoms with van der Waals surface area (Å²) >= 11 is 3.46. The third kappa shape index (κ3) is 1.95. The Kier molecular flexibility index (Phi) is 2.62. The van der Waals surface area contributed by atoms with E-state index in [0.717, 1.165) is 28.6 Å². The fraction of sp³-hybridized carbons (Fsp3) is 0.462. The summed E-state index contributed by atoms with van der Waals surface area (Å²) in [5, 5.41) is 9.31. The molecule has 2 aliphatic rings. The Balaban J connectivity index is 1.97. The molecule has 0 bridgehead atoms. The number of ether oxygens (including phenoxy) is 1. The molecule has 4 heteroatoms. The number of benzene rings is 1. The molecule has 0 spiro atoms. The molecule has 90 valence electrons. The highest BCUT2D eigenvalue weighted by Gasteiger charge is 2.44. The zero-order valence-electron chi connectivity index (χ0n) is 9.23. The first kappa shape index (κ1) is 11.1. The minimum absolute atomic E-state index is 0.144. The van der Waals surface area contributed by atoms with Gasteiger partial charge in [-0.25, -0.2) is 0 Å². The molecular weight excluding hydrogens is 284 g/mol. The molecule has 1 N–H and O–H groups in total. The maximum Gasteiger partial charge on any atom is 0.310 e. The predicted octanol–water partition coefficient (Wildman–Crippen LogP) is 2.86. The summed E-state index contributed by atoms with van der Waals surface area (Å²) in [7, 11) is 0. The zero-order chi connectivity index (χ0) is 12.0. The Morgan fingerprint density at radius 2 is 2.18 bits per heavy atom. The molecule has 17 heavy (non-hydrogen) atoms. The van der Waals surface area contributed by atoms with Crippen LogP contribution < -0.4 is 4.74 Å². The molecule has 1 aromatic carbocycles. The fourth-order valence-corrected chi connectivity index (χ4v) is 3.00. The molecule has 1 fully saturated rings. The van der Waals surface area contributed by atoms with Gasteiger partial charge in [0.25, 0.3) is 0 Å². The lowest BCUT2D eigenvalue weighted by Crippen LogP contribution is -2.39. The molecule has 1 aliphatic carbocycles. The summed E-state index contributed by atoms with van der Waals surface area (Å²) in [6, 6.07) is 5.78. The van der Waals surface area contributed by atoms with Crippen LogP contribution in [0.4, 0.5) is 0 Å². The minimum atomic E-state index is -0.747. The Hall–Kier alpha value is -1.03. The van der Waals surface area contributed by atoms with Crippen molar-refractivity contribution in [3.8, 4) is 5.75 Å². The Morgan fingerprint density at radius 3 is 2.82 bits per heavy atom. The lowest BCUT2D eigenvalue weighted by molar-refractivity contribution is -0.146. The molecule has 2 unspecified atom stereocenters. The number of rotatable bonds is 2. The number of fused-ring (bicyclic) bond motifs is 1. The predicted molar refractivity (Wildman–Crippen MR) is 66.1 cm³/mol. The average Bonchev–Trinajstić information content (AvgIpc) is 3.11. The number of carbonyl (C=O) groups is 1. The number of halogens is 1. The van der Waals surface area contributed by atoms with E-state index in [4.69, 9.17) is 4.74 Å². The van der Waals surface area contributed by atoms with Crippen LogP contribution in [0.5, 0.6) is 5.75 Å². The quantitative estimate of drug-likeness (QED) is 0.913. The maximum atomic E-state index is 11.3. The molecule has 2 atom stereocenters. The Bertz CT molecular complexity index is 468. The molecule has 1 heterocycles. The Morgan fingerprint density at radius 1 is 1.41 bits per heavy atom. The van der Waals surface area contributed by atoms with Gasteiger partial charge < -0.3 is 9.84 Å². The number of aliphatic carboxylic acids is 1. The first-order chi connectivity index (χ1) is 8.16. The second kappa shape index (κ2) is 4.02. The molecule has 0 saturated heterocycles. The van der Waals surface area contributed by atoms with Gasteiger partial charge in [-0.05, 0) is 37.3 Å². The monoisotopic (exact) mass is 296 g/mol. The van der Waals surface area contributed by atoms with E-state index in [9.17, 15) is 9.90 Å². The van der Waals surface area contributed by atoms with E-state index in [-0.39, 0.29) is 6.10 Å². The molecule has 3 nitrogen and oxygen atoms in total. The number of carboxylic acids is 1. The summed E-state index contributed by atoms with van der Waals surface area (Å²) in [5.74, 6) is 0.119. The highest BCUT2D eigenvalue weighted by Crippen LogP contribution is 2.44. The van der Waals surface area contributed by atoms with E-state index in [1.54, 1.807) is 0 Å². The highest BCUT2D eigenvalue weighted by molar-refractivity contribution is 9.10. The largest absolute Gasteiger partial charge is 0.489 e. The van der Waals surface area contributed by atoms with Crippen molar-refractivity contribution in [2.45, 2.75) is 25.4 Å². The van der Waals surface area contributed by atoms with Crippen LogP contribution in [0.25, 0.3) is 0 Å². The van der Waals surface area contributed by atoms with Crippen molar-refractivity contribution in [2.75, 3.05) is 0 Å². The van der Waals surface area contributed by atoms with E-state index in [2.05, 4.69) is 15.9 Å².